The number of nitrogens with two attached hydrogens (primary N) is 1. The van der Waals surface area contributed by atoms with E-state index < -0.39 is 10.0 Å². The largest absolute Gasteiger partial charge is 0.370 e. The molecule has 1 fully saturated rings. The topological polar surface area (TPSA) is 96.6 Å². The van der Waals surface area contributed by atoms with Gasteiger partial charge >= 0.3 is 0 Å². The molecule has 0 spiro atoms. The van der Waals surface area contributed by atoms with Crippen molar-refractivity contribution in [2.75, 3.05) is 18.1 Å². The number of guanidine groups is 1. The first kappa shape index (κ1) is 18.7. The van der Waals surface area contributed by atoms with Crippen LogP contribution < -0.4 is 15.8 Å². The first-order valence-corrected chi connectivity index (χ1v) is 10.3. The second kappa shape index (κ2) is 7.98. The summed E-state index contributed by atoms with van der Waals surface area (Å²) >= 11 is 0. The Morgan fingerprint density at radius 1 is 1.38 bits per heavy atom. The first-order chi connectivity index (χ1) is 11.2. The van der Waals surface area contributed by atoms with E-state index in [0.29, 0.717) is 18.4 Å². The Balaban J connectivity index is 1.95. The number of benzene rings is 1. The van der Waals surface area contributed by atoms with Crippen molar-refractivity contribution < 1.29 is 8.42 Å². The van der Waals surface area contributed by atoms with Gasteiger partial charge < -0.3 is 11.1 Å². The maximum absolute atomic E-state index is 11.4. The Labute approximate surface area is 145 Å². The molecular formula is C17H28N4O2S. The van der Waals surface area contributed by atoms with Crippen molar-refractivity contribution in [3.63, 3.8) is 0 Å². The predicted octanol–water partition coefficient (Wildman–Crippen LogP) is 2.25. The van der Waals surface area contributed by atoms with E-state index in [0.717, 1.165) is 24.9 Å². The van der Waals surface area contributed by atoms with Crippen molar-refractivity contribution in [2.45, 2.75) is 45.1 Å². The molecule has 2 atom stereocenters. The van der Waals surface area contributed by atoms with Gasteiger partial charge in [0.25, 0.3) is 0 Å². The number of sulfonamides is 1. The van der Waals surface area contributed by atoms with E-state index in [1.165, 1.54) is 11.8 Å². The molecule has 24 heavy (non-hydrogen) atoms. The van der Waals surface area contributed by atoms with E-state index in [9.17, 15) is 8.42 Å². The van der Waals surface area contributed by atoms with Gasteiger partial charge in [-0.15, -0.1) is 0 Å². The monoisotopic (exact) mass is 352 g/mol. The van der Waals surface area contributed by atoms with E-state index in [-0.39, 0.29) is 12.0 Å². The SMILES string of the molecule is CC(C)c1cccc(NC(N)=NCC2CCCC2NS(C)(=O)=O)c1. The lowest BCUT2D eigenvalue weighted by Crippen LogP contribution is -2.38. The second-order valence-electron chi connectivity index (χ2n) is 6.82. The van der Waals surface area contributed by atoms with Gasteiger partial charge in [0, 0.05) is 18.3 Å². The number of nitrogens with zero attached hydrogens (tertiary/aromatic N) is 1. The zero-order valence-corrected chi connectivity index (χ0v) is 15.4. The summed E-state index contributed by atoms with van der Waals surface area (Å²) in [7, 11) is -3.19. The Morgan fingerprint density at radius 3 is 2.79 bits per heavy atom. The standard InChI is InChI=1S/C17H28N4O2S/c1-12(2)13-6-4-8-15(10-13)20-17(18)19-11-14-7-5-9-16(14)21-24(3,22)23/h4,6,8,10,12,14,16,21H,5,7,9,11H2,1-3H3,(H3,18,19,20). The molecule has 0 bridgehead atoms. The van der Waals surface area contributed by atoms with Gasteiger partial charge in [0.1, 0.15) is 0 Å². The van der Waals surface area contributed by atoms with Crippen LogP contribution >= 0.6 is 0 Å². The molecular weight excluding hydrogens is 324 g/mol. The van der Waals surface area contributed by atoms with Crippen molar-refractivity contribution in [3.05, 3.63) is 29.8 Å². The molecule has 4 N–H and O–H groups in total. The molecule has 1 aromatic rings. The molecule has 0 aliphatic heterocycles. The molecule has 2 unspecified atom stereocenters. The van der Waals surface area contributed by atoms with Crippen LogP contribution in [0, 0.1) is 5.92 Å². The third-order valence-corrected chi connectivity index (χ3v) is 5.08. The second-order valence-corrected chi connectivity index (χ2v) is 8.60. The van der Waals surface area contributed by atoms with E-state index in [4.69, 9.17) is 5.73 Å². The van der Waals surface area contributed by atoms with Crippen LogP contribution in [0.1, 0.15) is 44.6 Å². The predicted molar refractivity (Wildman–Crippen MR) is 99.8 cm³/mol. The molecule has 0 aromatic heterocycles. The summed E-state index contributed by atoms with van der Waals surface area (Å²) in [6, 6.07) is 8.06. The molecule has 7 heteroatoms. The molecule has 1 saturated carbocycles. The van der Waals surface area contributed by atoms with Crippen molar-refractivity contribution in [3.8, 4) is 0 Å². The van der Waals surface area contributed by atoms with Gasteiger partial charge in [0.15, 0.2) is 5.96 Å². The lowest BCUT2D eigenvalue weighted by Gasteiger charge is -2.18. The van der Waals surface area contributed by atoms with Crippen LogP contribution in [0.25, 0.3) is 0 Å². The highest BCUT2D eigenvalue weighted by Crippen LogP contribution is 2.26. The third-order valence-electron chi connectivity index (χ3n) is 4.35. The molecule has 0 saturated heterocycles. The minimum atomic E-state index is -3.19. The number of rotatable bonds is 6. The van der Waals surface area contributed by atoms with Crippen molar-refractivity contribution >= 4 is 21.7 Å². The van der Waals surface area contributed by atoms with Crippen LogP contribution in [-0.4, -0.2) is 33.2 Å². The van der Waals surface area contributed by atoms with Gasteiger partial charge in [-0.2, -0.15) is 0 Å². The number of hydrogen-bond donors (Lipinski definition) is 3. The van der Waals surface area contributed by atoms with Crippen LogP contribution in [0.2, 0.25) is 0 Å². The molecule has 0 amide bonds. The summed E-state index contributed by atoms with van der Waals surface area (Å²) in [6.07, 6.45) is 4.03. The van der Waals surface area contributed by atoms with Crippen molar-refractivity contribution in [2.24, 2.45) is 16.6 Å². The molecule has 134 valence electrons. The van der Waals surface area contributed by atoms with E-state index in [1.54, 1.807) is 0 Å². The van der Waals surface area contributed by atoms with E-state index in [2.05, 4.69) is 41.0 Å². The van der Waals surface area contributed by atoms with Gasteiger partial charge in [-0.05, 0) is 42.4 Å². The van der Waals surface area contributed by atoms with Crippen molar-refractivity contribution in [1.82, 2.24) is 4.72 Å². The van der Waals surface area contributed by atoms with Gasteiger partial charge in [-0.3, -0.25) is 4.99 Å². The average Bonchev–Trinajstić information content (AvgIpc) is 2.90. The van der Waals surface area contributed by atoms with Gasteiger partial charge in [0.2, 0.25) is 10.0 Å². The summed E-state index contributed by atoms with van der Waals surface area (Å²) in [5.41, 5.74) is 8.14. The Kier molecular flexibility index (Phi) is 6.23. The fourth-order valence-electron chi connectivity index (χ4n) is 3.06. The van der Waals surface area contributed by atoms with Gasteiger partial charge in [0.05, 0.1) is 6.26 Å². The minimum Gasteiger partial charge on any atom is -0.370 e. The van der Waals surface area contributed by atoms with E-state index >= 15 is 0 Å². The molecule has 2 rings (SSSR count). The van der Waals surface area contributed by atoms with Crippen molar-refractivity contribution in [1.29, 1.82) is 0 Å². The highest BCUT2D eigenvalue weighted by Gasteiger charge is 2.29. The third kappa shape index (κ3) is 5.79. The van der Waals surface area contributed by atoms with E-state index in [1.807, 2.05) is 12.1 Å². The number of nitrogens with one attached hydrogen (secondary N) is 2. The molecule has 1 aliphatic rings. The maximum Gasteiger partial charge on any atom is 0.208 e. The number of aliphatic imine (C=N–C) groups is 1. The summed E-state index contributed by atoms with van der Waals surface area (Å²) in [4.78, 5) is 4.40. The van der Waals surface area contributed by atoms with Gasteiger partial charge in [-0.25, -0.2) is 13.1 Å². The molecule has 1 aromatic carbocycles. The zero-order valence-electron chi connectivity index (χ0n) is 14.6. The zero-order chi connectivity index (χ0) is 17.7. The summed E-state index contributed by atoms with van der Waals surface area (Å²) < 4.78 is 25.5. The number of hydrogen-bond acceptors (Lipinski definition) is 3. The fourth-order valence-corrected chi connectivity index (χ4v) is 3.92. The fraction of sp³-hybridized carbons (Fsp3) is 0.588. The smallest absolute Gasteiger partial charge is 0.208 e. The summed E-state index contributed by atoms with van der Waals surface area (Å²) in [6.45, 7) is 4.81. The normalized spacial score (nSPS) is 22.1. The minimum absolute atomic E-state index is 0.0409. The average molecular weight is 353 g/mol. The lowest BCUT2D eigenvalue weighted by molar-refractivity contribution is 0.455. The molecule has 1 aliphatic carbocycles. The lowest BCUT2D eigenvalue weighted by atomic mass is 10.0. The first-order valence-electron chi connectivity index (χ1n) is 8.39. The maximum atomic E-state index is 11.4. The van der Waals surface area contributed by atoms with Crippen LogP contribution in [0.3, 0.4) is 0 Å². The van der Waals surface area contributed by atoms with Crippen LogP contribution in [0.15, 0.2) is 29.3 Å². The molecule has 0 heterocycles. The summed E-state index contributed by atoms with van der Waals surface area (Å²) in [5.74, 6) is 1.01. The van der Waals surface area contributed by atoms with Gasteiger partial charge in [-0.1, -0.05) is 32.4 Å². The Bertz CT molecular complexity index is 686. The van der Waals surface area contributed by atoms with Crippen LogP contribution in [0.4, 0.5) is 5.69 Å². The Hall–Kier alpha value is -1.60. The van der Waals surface area contributed by atoms with Crippen LogP contribution in [0.5, 0.6) is 0 Å². The van der Waals surface area contributed by atoms with Crippen LogP contribution in [-0.2, 0) is 10.0 Å². The Morgan fingerprint density at radius 2 is 2.12 bits per heavy atom. The highest BCUT2D eigenvalue weighted by atomic mass is 32.2. The quantitative estimate of drug-likeness (QED) is 0.540. The number of anilines is 1. The molecule has 0 radical (unpaired) electrons. The summed E-state index contributed by atoms with van der Waals surface area (Å²) in [5, 5.41) is 3.11. The molecule has 6 nitrogen and oxygen atoms in total. The highest BCUT2D eigenvalue weighted by molar-refractivity contribution is 7.88.